The van der Waals surface area contributed by atoms with Crippen LogP contribution in [0.15, 0.2) is 0 Å². The Balaban J connectivity index is 2.42. The van der Waals surface area contributed by atoms with Crippen LogP contribution in [0, 0.1) is 0 Å². The van der Waals surface area contributed by atoms with Crippen molar-refractivity contribution in [1.29, 1.82) is 0 Å². The van der Waals surface area contributed by atoms with Gasteiger partial charge < -0.3 is 14.7 Å². The number of carbonyl (C=O) groups excluding carboxylic acids is 1. The molecule has 0 spiro atoms. The summed E-state index contributed by atoms with van der Waals surface area (Å²) in [6.45, 7) is 7.16. The highest BCUT2D eigenvalue weighted by molar-refractivity contribution is 5.76. The second kappa shape index (κ2) is 5.64. The number of aliphatic hydroxyl groups is 1. The van der Waals surface area contributed by atoms with Crippen LogP contribution >= 0.6 is 0 Å². The lowest BCUT2D eigenvalue weighted by atomic mass is 10.1. The first kappa shape index (κ1) is 13.5. The summed E-state index contributed by atoms with van der Waals surface area (Å²) in [5.74, 6) is 0.0801. The number of hydrogen-bond acceptors (Lipinski definition) is 3. The molecule has 1 unspecified atom stereocenters. The third-order valence-corrected chi connectivity index (χ3v) is 2.74. The Morgan fingerprint density at radius 2 is 2.25 bits per heavy atom. The highest BCUT2D eigenvalue weighted by atomic mass is 16.5. The molecular weight excluding hydrogens is 206 g/mol. The zero-order valence-electron chi connectivity index (χ0n) is 10.5. The zero-order valence-corrected chi connectivity index (χ0v) is 10.5. The van der Waals surface area contributed by atoms with E-state index < -0.39 is 5.60 Å². The van der Waals surface area contributed by atoms with Crippen molar-refractivity contribution in [3.05, 3.63) is 0 Å². The van der Waals surface area contributed by atoms with Gasteiger partial charge in [-0.05, 0) is 33.6 Å². The molecule has 94 valence electrons. The average Bonchev–Trinajstić information content (AvgIpc) is 2.65. The van der Waals surface area contributed by atoms with Gasteiger partial charge in [-0.2, -0.15) is 0 Å². The smallest absolute Gasteiger partial charge is 0.225 e. The van der Waals surface area contributed by atoms with Crippen molar-refractivity contribution in [3.63, 3.8) is 0 Å². The Morgan fingerprint density at radius 1 is 1.56 bits per heavy atom. The predicted octanol–water partition coefficient (Wildman–Crippen LogP) is 1.17. The van der Waals surface area contributed by atoms with E-state index in [1.54, 1.807) is 18.7 Å². The first-order valence-corrected chi connectivity index (χ1v) is 6.04. The molecule has 1 aliphatic heterocycles. The van der Waals surface area contributed by atoms with Gasteiger partial charge in [0.1, 0.15) is 0 Å². The van der Waals surface area contributed by atoms with Gasteiger partial charge in [0.05, 0.1) is 18.1 Å². The maximum absolute atomic E-state index is 11.9. The summed E-state index contributed by atoms with van der Waals surface area (Å²) >= 11 is 0. The normalized spacial score (nSPS) is 21.1. The SMILES string of the molecule is CCN(CC(C)(C)O)C(=O)CC1CCCO1. The fourth-order valence-corrected chi connectivity index (χ4v) is 1.97. The maximum Gasteiger partial charge on any atom is 0.225 e. The summed E-state index contributed by atoms with van der Waals surface area (Å²) in [5, 5.41) is 9.70. The molecule has 1 N–H and O–H groups in total. The number of hydrogen-bond donors (Lipinski definition) is 1. The topological polar surface area (TPSA) is 49.8 Å². The quantitative estimate of drug-likeness (QED) is 0.770. The highest BCUT2D eigenvalue weighted by Gasteiger charge is 2.25. The van der Waals surface area contributed by atoms with Crippen molar-refractivity contribution in [2.24, 2.45) is 0 Å². The molecule has 0 aromatic heterocycles. The first-order chi connectivity index (χ1) is 7.42. The second-order valence-electron chi connectivity index (χ2n) is 5.06. The van der Waals surface area contributed by atoms with Crippen LogP contribution in [0.5, 0.6) is 0 Å². The van der Waals surface area contributed by atoms with Gasteiger partial charge in [0, 0.05) is 19.7 Å². The number of nitrogens with zero attached hydrogens (tertiary/aromatic N) is 1. The standard InChI is InChI=1S/C12H23NO3/c1-4-13(9-12(2,3)15)11(14)8-10-6-5-7-16-10/h10,15H,4-9H2,1-3H3. The van der Waals surface area contributed by atoms with Crippen molar-refractivity contribution < 1.29 is 14.6 Å². The molecule has 1 rings (SSSR count). The summed E-state index contributed by atoms with van der Waals surface area (Å²) in [6, 6.07) is 0. The Morgan fingerprint density at radius 3 is 2.69 bits per heavy atom. The van der Waals surface area contributed by atoms with Gasteiger partial charge in [0.2, 0.25) is 5.91 Å². The highest BCUT2D eigenvalue weighted by Crippen LogP contribution is 2.17. The van der Waals surface area contributed by atoms with Gasteiger partial charge >= 0.3 is 0 Å². The van der Waals surface area contributed by atoms with E-state index in [2.05, 4.69) is 0 Å². The largest absolute Gasteiger partial charge is 0.389 e. The van der Waals surface area contributed by atoms with E-state index in [0.717, 1.165) is 19.4 Å². The van der Waals surface area contributed by atoms with Gasteiger partial charge in [-0.3, -0.25) is 4.79 Å². The molecule has 0 aliphatic carbocycles. The van der Waals surface area contributed by atoms with E-state index in [9.17, 15) is 9.90 Å². The number of amides is 1. The molecule has 0 aromatic rings. The van der Waals surface area contributed by atoms with E-state index in [1.165, 1.54) is 0 Å². The van der Waals surface area contributed by atoms with Crippen LogP contribution in [0.1, 0.15) is 40.0 Å². The average molecular weight is 229 g/mol. The fraction of sp³-hybridized carbons (Fsp3) is 0.917. The third-order valence-electron chi connectivity index (χ3n) is 2.74. The van der Waals surface area contributed by atoms with Crippen LogP contribution in [0.25, 0.3) is 0 Å². The Hall–Kier alpha value is -0.610. The molecule has 0 bridgehead atoms. The molecule has 0 radical (unpaired) electrons. The molecule has 1 saturated heterocycles. The fourth-order valence-electron chi connectivity index (χ4n) is 1.97. The van der Waals surface area contributed by atoms with Gasteiger partial charge in [-0.1, -0.05) is 0 Å². The molecule has 16 heavy (non-hydrogen) atoms. The molecule has 1 fully saturated rings. The minimum atomic E-state index is -0.831. The van der Waals surface area contributed by atoms with Gasteiger partial charge in [-0.25, -0.2) is 0 Å². The van der Waals surface area contributed by atoms with Crippen LogP contribution < -0.4 is 0 Å². The third kappa shape index (κ3) is 4.49. The van der Waals surface area contributed by atoms with Crippen molar-refractivity contribution in [1.82, 2.24) is 4.90 Å². The van der Waals surface area contributed by atoms with Crippen molar-refractivity contribution in [3.8, 4) is 0 Å². The molecule has 0 aromatic carbocycles. The second-order valence-corrected chi connectivity index (χ2v) is 5.06. The summed E-state index contributed by atoms with van der Waals surface area (Å²) < 4.78 is 5.44. The van der Waals surface area contributed by atoms with Crippen molar-refractivity contribution in [2.45, 2.75) is 51.7 Å². The number of rotatable bonds is 5. The van der Waals surface area contributed by atoms with E-state index >= 15 is 0 Å². The Labute approximate surface area is 97.6 Å². The molecule has 1 heterocycles. The lowest BCUT2D eigenvalue weighted by Gasteiger charge is -2.28. The molecule has 1 atom stereocenters. The maximum atomic E-state index is 11.9. The minimum Gasteiger partial charge on any atom is -0.389 e. The van der Waals surface area contributed by atoms with Crippen LogP contribution in [0.3, 0.4) is 0 Å². The molecule has 0 saturated carbocycles. The molecule has 1 amide bonds. The lowest BCUT2D eigenvalue weighted by molar-refractivity contribution is -0.136. The van der Waals surface area contributed by atoms with E-state index in [1.807, 2.05) is 6.92 Å². The molecular formula is C12H23NO3. The van der Waals surface area contributed by atoms with E-state index in [0.29, 0.717) is 19.5 Å². The summed E-state index contributed by atoms with van der Waals surface area (Å²) in [6.07, 6.45) is 2.56. The minimum absolute atomic E-state index is 0.0801. The van der Waals surface area contributed by atoms with Gasteiger partial charge in [0.25, 0.3) is 0 Å². The molecule has 4 nitrogen and oxygen atoms in total. The molecule has 4 heteroatoms. The van der Waals surface area contributed by atoms with Crippen LogP contribution in [0.4, 0.5) is 0 Å². The van der Waals surface area contributed by atoms with Gasteiger partial charge in [-0.15, -0.1) is 0 Å². The number of carbonyl (C=O) groups is 1. The van der Waals surface area contributed by atoms with Gasteiger partial charge in [0.15, 0.2) is 0 Å². The van der Waals surface area contributed by atoms with E-state index in [-0.39, 0.29) is 12.0 Å². The number of likely N-dealkylation sites (N-methyl/N-ethyl adjacent to an activating group) is 1. The van der Waals surface area contributed by atoms with Crippen LogP contribution in [-0.4, -0.2) is 47.3 Å². The summed E-state index contributed by atoms with van der Waals surface area (Å²) in [4.78, 5) is 13.6. The van der Waals surface area contributed by atoms with Crippen LogP contribution in [0.2, 0.25) is 0 Å². The predicted molar refractivity (Wildman–Crippen MR) is 62.1 cm³/mol. The molecule has 1 aliphatic rings. The lowest BCUT2D eigenvalue weighted by Crippen LogP contribution is -2.43. The number of ether oxygens (including phenoxy) is 1. The summed E-state index contributed by atoms with van der Waals surface area (Å²) in [7, 11) is 0. The zero-order chi connectivity index (χ0) is 12.2. The van der Waals surface area contributed by atoms with Crippen LogP contribution in [-0.2, 0) is 9.53 Å². The monoisotopic (exact) mass is 229 g/mol. The van der Waals surface area contributed by atoms with E-state index in [4.69, 9.17) is 4.74 Å². The van der Waals surface area contributed by atoms with Crippen molar-refractivity contribution in [2.75, 3.05) is 19.7 Å². The summed E-state index contributed by atoms with van der Waals surface area (Å²) in [5.41, 5.74) is -0.831. The Kier molecular flexibility index (Phi) is 4.74. The Bertz CT molecular complexity index is 229. The van der Waals surface area contributed by atoms with Crippen molar-refractivity contribution >= 4 is 5.91 Å². The first-order valence-electron chi connectivity index (χ1n) is 6.04.